The Morgan fingerprint density at radius 2 is 2.06 bits per heavy atom. The summed E-state index contributed by atoms with van der Waals surface area (Å²) in [7, 11) is 1.94. The van der Waals surface area contributed by atoms with E-state index in [1.54, 1.807) is 0 Å². The maximum absolute atomic E-state index is 11.9. The minimum atomic E-state index is 0.225. The van der Waals surface area contributed by atoms with Gasteiger partial charge in [-0.3, -0.25) is 4.79 Å². The molecule has 2 heteroatoms. The molecule has 0 fully saturated rings. The van der Waals surface area contributed by atoms with Crippen LogP contribution in [0.4, 0.5) is 0 Å². The number of nitrogens with zero attached hydrogens (tertiary/aromatic N) is 1. The van der Waals surface area contributed by atoms with E-state index in [9.17, 15) is 4.79 Å². The molecule has 0 N–H and O–H groups in total. The molecule has 1 amide bonds. The predicted octanol–water partition coefficient (Wildman–Crippen LogP) is 3.67. The van der Waals surface area contributed by atoms with E-state index >= 15 is 0 Å². The number of hydrogen-bond donors (Lipinski definition) is 0. The van der Waals surface area contributed by atoms with Gasteiger partial charge >= 0.3 is 0 Å². The summed E-state index contributed by atoms with van der Waals surface area (Å²) in [6, 6.07) is 8.83. The molecule has 0 radical (unpaired) electrons. The summed E-state index contributed by atoms with van der Waals surface area (Å²) in [4.78, 5) is 13.8. The largest absolute Gasteiger partial charge is 0.339 e. The zero-order chi connectivity index (χ0) is 13.3. The van der Waals surface area contributed by atoms with Crippen molar-refractivity contribution in [2.75, 3.05) is 7.05 Å². The molecule has 0 spiro atoms. The summed E-state index contributed by atoms with van der Waals surface area (Å²) >= 11 is 0. The maximum Gasteiger partial charge on any atom is 0.222 e. The fraction of sp³-hybridized carbons (Fsp3) is 0.562. The second kappa shape index (κ2) is 4.75. The molecule has 1 atom stereocenters. The van der Waals surface area contributed by atoms with Crippen molar-refractivity contribution in [2.24, 2.45) is 0 Å². The van der Waals surface area contributed by atoms with Gasteiger partial charge in [0, 0.05) is 13.5 Å². The summed E-state index contributed by atoms with van der Waals surface area (Å²) in [5.74, 6) is 0.231. The van der Waals surface area contributed by atoms with Crippen molar-refractivity contribution in [1.82, 2.24) is 4.90 Å². The molecule has 0 bridgehead atoms. The van der Waals surface area contributed by atoms with E-state index < -0.39 is 0 Å². The van der Waals surface area contributed by atoms with E-state index in [1.165, 1.54) is 11.1 Å². The Morgan fingerprint density at radius 3 is 2.72 bits per heavy atom. The number of rotatable bonds is 2. The monoisotopic (exact) mass is 245 g/mol. The number of benzene rings is 1. The first-order valence-electron chi connectivity index (χ1n) is 6.82. The van der Waals surface area contributed by atoms with Crippen LogP contribution in [-0.4, -0.2) is 17.9 Å². The predicted molar refractivity (Wildman–Crippen MR) is 74.5 cm³/mol. The number of hydrogen-bond acceptors (Lipinski definition) is 1. The molecule has 18 heavy (non-hydrogen) atoms. The number of amides is 1. The van der Waals surface area contributed by atoms with Gasteiger partial charge in [-0.25, -0.2) is 0 Å². The molecule has 0 saturated heterocycles. The molecule has 0 aromatic heterocycles. The van der Waals surface area contributed by atoms with E-state index in [4.69, 9.17) is 0 Å². The maximum atomic E-state index is 11.9. The summed E-state index contributed by atoms with van der Waals surface area (Å²) in [5.41, 5.74) is 2.96. The standard InChI is InChI=1S/C16H23NO/c1-5-15(18)17(4)14-10-11-16(2,3)13-9-7-6-8-12(13)14/h6-9,14H,5,10-11H2,1-4H3/t14-/m0/s1. The van der Waals surface area contributed by atoms with Crippen LogP contribution in [0.2, 0.25) is 0 Å². The van der Waals surface area contributed by atoms with Crippen LogP contribution in [0, 0.1) is 0 Å². The molecule has 98 valence electrons. The third-order valence-corrected chi connectivity index (χ3v) is 4.26. The minimum absolute atomic E-state index is 0.225. The lowest BCUT2D eigenvalue weighted by Crippen LogP contribution is -2.36. The molecule has 1 aliphatic rings. The van der Waals surface area contributed by atoms with Crippen molar-refractivity contribution >= 4 is 5.91 Å². The number of carbonyl (C=O) groups is 1. The molecular weight excluding hydrogens is 222 g/mol. The van der Waals surface area contributed by atoms with E-state index in [2.05, 4.69) is 38.1 Å². The Kier molecular flexibility index (Phi) is 3.47. The van der Waals surface area contributed by atoms with Gasteiger partial charge in [0.15, 0.2) is 0 Å². The summed E-state index contributed by atoms with van der Waals surface area (Å²) in [6.45, 7) is 6.52. The van der Waals surface area contributed by atoms with E-state index in [1.807, 2.05) is 18.9 Å². The molecule has 2 nitrogen and oxygen atoms in total. The van der Waals surface area contributed by atoms with Crippen LogP contribution >= 0.6 is 0 Å². The van der Waals surface area contributed by atoms with Crippen molar-refractivity contribution in [3.63, 3.8) is 0 Å². The van der Waals surface area contributed by atoms with Crippen LogP contribution in [0.1, 0.15) is 57.2 Å². The quantitative estimate of drug-likeness (QED) is 0.778. The molecule has 1 aliphatic carbocycles. The van der Waals surface area contributed by atoms with Gasteiger partial charge in [-0.1, -0.05) is 45.0 Å². The van der Waals surface area contributed by atoms with Crippen molar-refractivity contribution < 1.29 is 4.79 Å². The summed E-state index contributed by atoms with van der Waals surface area (Å²) < 4.78 is 0. The van der Waals surface area contributed by atoms with Gasteiger partial charge in [-0.15, -0.1) is 0 Å². The van der Waals surface area contributed by atoms with Crippen LogP contribution in [0.25, 0.3) is 0 Å². The zero-order valence-corrected chi connectivity index (χ0v) is 11.9. The smallest absolute Gasteiger partial charge is 0.222 e. The van der Waals surface area contributed by atoms with Gasteiger partial charge in [0.2, 0.25) is 5.91 Å². The van der Waals surface area contributed by atoms with Crippen molar-refractivity contribution in [3.8, 4) is 0 Å². The average Bonchev–Trinajstić information content (AvgIpc) is 2.37. The fourth-order valence-corrected chi connectivity index (χ4v) is 3.02. The highest BCUT2D eigenvalue weighted by Gasteiger charge is 2.34. The number of fused-ring (bicyclic) bond motifs is 1. The summed E-state index contributed by atoms with van der Waals surface area (Å²) in [5, 5.41) is 0. The third kappa shape index (κ3) is 2.16. The first-order valence-corrected chi connectivity index (χ1v) is 6.82. The van der Waals surface area contributed by atoms with Gasteiger partial charge in [0.1, 0.15) is 0 Å². The van der Waals surface area contributed by atoms with E-state index in [0.717, 1.165) is 12.8 Å². The topological polar surface area (TPSA) is 20.3 Å². The highest BCUT2D eigenvalue weighted by atomic mass is 16.2. The first kappa shape index (κ1) is 13.1. The van der Waals surface area contributed by atoms with Crippen LogP contribution in [-0.2, 0) is 10.2 Å². The lowest BCUT2D eigenvalue weighted by Gasteiger charge is -2.40. The molecule has 0 saturated carbocycles. The number of carbonyl (C=O) groups excluding carboxylic acids is 1. The van der Waals surface area contributed by atoms with Gasteiger partial charge in [0.25, 0.3) is 0 Å². The van der Waals surface area contributed by atoms with E-state index in [-0.39, 0.29) is 17.4 Å². The molecular formula is C16H23NO. The Morgan fingerprint density at radius 1 is 1.39 bits per heavy atom. The molecule has 2 rings (SSSR count). The molecule has 1 aromatic carbocycles. The van der Waals surface area contributed by atoms with Crippen LogP contribution < -0.4 is 0 Å². The SMILES string of the molecule is CCC(=O)N(C)[C@H]1CCC(C)(C)c2ccccc21. The Bertz CT molecular complexity index is 450. The third-order valence-electron chi connectivity index (χ3n) is 4.26. The van der Waals surface area contributed by atoms with Crippen molar-refractivity contribution in [3.05, 3.63) is 35.4 Å². The Labute approximate surface area is 110 Å². The zero-order valence-electron chi connectivity index (χ0n) is 11.9. The van der Waals surface area contributed by atoms with Crippen molar-refractivity contribution in [2.45, 2.75) is 51.5 Å². The van der Waals surface area contributed by atoms with E-state index in [0.29, 0.717) is 6.42 Å². The van der Waals surface area contributed by atoms with Gasteiger partial charge < -0.3 is 4.90 Å². The molecule has 0 heterocycles. The highest BCUT2D eigenvalue weighted by molar-refractivity contribution is 5.76. The first-order chi connectivity index (χ1) is 8.47. The summed E-state index contributed by atoms with van der Waals surface area (Å²) in [6.07, 6.45) is 2.78. The second-order valence-electron chi connectivity index (χ2n) is 5.88. The lowest BCUT2D eigenvalue weighted by atomic mass is 9.70. The average molecular weight is 245 g/mol. The van der Waals surface area contributed by atoms with Gasteiger partial charge in [-0.2, -0.15) is 0 Å². The molecule has 1 aromatic rings. The highest BCUT2D eigenvalue weighted by Crippen LogP contribution is 2.43. The molecule has 0 unspecified atom stereocenters. The molecule has 0 aliphatic heterocycles. The van der Waals surface area contributed by atoms with Crippen LogP contribution in [0.3, 0.4) is 0 Å². The minimum Gasteiger partial charge on any atom is -0.339 e. The van der Waals surface area contributed by atoms with Gasteiger partial charge in [-0.05, 0) is 29.4 Å². The Balaban J connectivity index is 2.40. The van der Waals surface area contributed by atoms with Gasteiger partial charge in [0.05, 0.1) is 6.04 Å². The normalized spacial score (nSPS) is 21.2. The van der Waals surface area contributed by atoms with Crippen LogP contribution in [0.5, 0.6) is 0 Å². The lowest BCUT2D eigenvalue weighted by molar-refractivity contribution is -0.132. The van der Waals surface area contributed by atoms with Crippen molar-refractivity contribution in [1.29, 1.82) is 0 Å². The fourth-order valence-electron chi connectivity index (χ4n) is 3.02. The van der Waals surface area contributed by atoms with Crippen LogP contribution in [0.15, 0.2) is 24.3 Å². The second-order valence-corrected chi connectivity index (χ2v) is 5.88. The Hall–Kier alpha value is -1.31.